The molecule has 1 N–H and O–H groups in total. The summed E-state index contributed by atoms with van der Waals surface area (Å²) in [5, 5.41) is 3.66. The Morgan fingerprint density at radius 2 is 2.09 bits per heavy atom. The number of nitrogens with one attached hydrogen (secondary N) is 1. The lowest BCUT2D eigenvalue weighted by molar-refractivity contribution is 0.0386. The van der Waals surface area contributed by atoms with Crippen molar-refractivity contribution in [1.29, 1.82) is 0 Å². The van der Waals surface area contributed by atoms with Crippen LogP contribution in [-0.4, -0.2) is 25.3 Å². The molecule has 0 bridgehead atoms. The topological polar surface area (TPSA) is 21.3 Å². The van der Waals surface area contributed by atoms with E-state index in [9.17, 15) is 0 Å². The molecule has 0 amide bonds. The van der Waals surface area contributed by atoms with Crippen molar-refractivity contribution in [1.82, 2.24) is 5.32 Å². The second kappa shape index (κ2) is 3.11. The maximum Gasteiger partial charge on any atom is 0.0506 e. The molecule has 2 heteroatoms. The first-order valence-electron chi connectivity index (χ1n) is 4.70. The average Bonchev–Trinajstić information content (AvgIpc) is 2.78. The average molecular weight is 155 g/mol. The van der Waals surface area contributed by atoms with E-state index in [1.54, 1.807) is 0 Å². The van der Waals surface area contributed by atoms with E-state index in [1.165, 1.54) is 19.3 Å². The zero-order chi connectivity index (χ0) is 7.68. The lowest BCUT2D eigenvalue weighted by atomic mass is 9.98. The zero-order valence-electron chi connectivity index (χ0n) is 7.18. The van der Waals surface area contributed by atoms with Crippen LogP contribution in [0.1, 0.15) is 26.2 Å². The molecule has 0 radical (unpaired) electrons. The number of rotatable bonds is 2. The van der Waals surface area contributed by atoms with Crippen LogP contribution in [0.25, 0.3) is 0 Å². The van der Waals surface area contributed by atoms with Crippen LogP contribution in [0.3, 0.4) is 0 Å². The van der Waals surface area contributed by atoms with Crippen LogP contribution in [0.5, 0.6) is 0 Å². The molecule has 2 atom stereocenters. The number of ether oxygens (including phenoxy) is 1. The second-order valence-electron chi connectivity index (χ2n) is 3.89. The van der Waals surface area contributed by atoms with E-state index in [0.29, 0.717) is 5.92 Å². The fourth-order valence-electron chi connectivity index (χ4n) is 1.68. The van der Waals surface area contributed by atoms with Gasteiger partial charge in [0.15, 0.2) is 0 Å². The molecule has 1 aliphatic heterocycles. The van der Waals surface area contributed by atoms with E-state index >= 15 is 0 Å². The summed E-state index contributed by atoms with van der Waals surface area (Å²) in [7, 11) is 0. The Hall–Kier alpha value is -0.0800. The molecule has 0 aromatic heterocycles. The molecule has 1 saturated heterocycles. The van der Waals surface area contributed by atoms with Gasteiger partial charge in [-0.1, -0.05) is 6.92 Å². The lowest BCUT2D eigenvalue weighted by Gasteiger charge is -2.29. The third kappa shape index (κ3) is 1.94. The molecular formula is C9H17NO. The van der Waals surface area contributed by atoms with Crippen molar-refractivity contribution in [2.75, 3.05) is 13.2 Å². The summed E-state index contributed by atoms with van der Waals surface area (Å²) in [5.41, 5.74) is 0. The normalized spacial score (nSPS) is 39.0. The van der Waals surface area contributed by atoms with Crippen molar-refractivity contribution in [3.8, 4) is 0 Å². The van der Waals surface area contributed by atoms with Crippen LogP contribution in [0, 0.1) is 5.92 Å². The molecule has 0 aromatic rings. The van der Waals surface area contributed by atoms with Gasteiger partial charge in [0.25, 0.3) is 0 Å². The SMILES string of the molecule is C[C@H]1COCC[C@H]1NC1CC1. The molecule has 1 aliphatic carbocycles. The minimum Gasteiger partial charge on any atom is -0.381 e. The minimum absolute atomic E-state index is 0.712. The fourth-order valence-corrected chi connectivity index (χ4v) is 1.68. The molecule has 1 saturated carbocycles. The van der Waals surface area contributed by atoms with Crippen molar-refractivity contribution in [2.24, 2.45) is 5.92 Å². The van der Waals surface area contributed by atoms with E-state index in [2.05, 4.69) is 12.2 Å². The van der Waals surface area contributed by atoms with Crippen molar-refractivity contribution >= 4 is 0 Å². The first-order chi connectivity index (χ1) is 5.36. The maximum absolute atomic E-state index is 5.37. The first-order valence-corrected chi connectivity index (χ1v) is 4.70. The summed E-state index contributed by atoms with van der Waals surface area (Å²) in [6, 6.07) is 1.58. The van der Waals surface area contributed by atoms with Crippen molar-refractivity contribution in [3.05, 3.63) is 0 Å². The largest absolute Gasteiger partial charge is 0.381 e. The Morgan fingerprint density at radius 3 is 2.73 bits per heavy atom. The molecule has 2 fully saturated rings. The van der Waals surface area contributed by atoms with Crippen molar-refractivity contribution in [3.63, 3.8) is 0 Å². The molecule has 2 nitrogen and oxygen atoms in total. The molecule has 2 rings (SSSR count). The molecule has 11 heavy (non-hydrogen) atoms. The summed E-state index contributed by atoms with van der Waals surface area (Å²) in [5.74, 6) is 0.712. The molecular weight excluding hydrogens is 138 g/mol. The van der Waals surface area contributed by atoms with Gasteiger partial charge in [-0.25, -0.2) is 0 Å². The molecule has 64 valence electrons. The van der Waals surface area contributed by atoms with E-state index in [1.807, 2.05) is 0 Å². The monoisotopic (exact) mass is 155 g/mol. The molecule has 0 spiro atoms. The molecule has 0 unspecified atom stereocenters. The Kier molecular flexibility index (Phi) is 2.14. The predicted octanol–water partition coefficient (Wildman–Crippen LogP) is 1.16. The third-order valence-electron chi connectivity index (χ3n) is 2.67. The molecule has 2 aliphatic rings. The van der Waals surface area contributed by atoms with Crippen LogP contribution in [0.15, 0.2) is 0 Å². The van der Waals surface area contributed by atoms with Gasteiger partial charge >= 0.3 is 0 Å². The van der Waals surface area contributed by atoms with Gasteiger partial charge in [0, 0.05) is 18.7 Å². The zero-order valence-corrected chi connectivity index (χ0v) is 7.18. The highest BCUT2D eigenvalue weighted by atomic mass is 16.5. The minimum atomic E-state index is 0.712. The quantitative estimate of drug-likeness (QED) is 0.646. The van der Waals surface area contributed by atoms with Gasteiger partial charge in [-0.2, -0.15) is 0 Å². The van der Waals surface area contributed by atoms with Crippen LogP contribution >= 0.6 is 0 Å². The highest BCUT2D eigenvalue weighted by Gasteiger charge is 2.28. The van der Waals surface area contributed by atoms with Gasteiger partial charge in [0.2, 0.25) is 0 Å². The van der Waals surface area contributed by atoms with Gasteiger partial charge in [0.05, 0.1) is 6.61 Å². The highest BCUT2D eigenvalue weighted by Crippen LogP contribution is 2.23. The summed E-state index contributed by atoms with van der Waals surface area (Å²) in [4.78, 5) is 0. The van der Waals surface area contributed by atoms with E-state index in [4.69, 9.17) is 4.74 Å². The number of hydrogen-bond donors (Lipinski definition) is 1. The standard InChI is InChI=1S/C9H17NO/c1-7-6-11-5-4-9(7)10-8-2-3-8/h7-10H,2-6H2,1H3/t7-,9+/m0/s1. The molecule has 1 heterocycles. The summed E-state index contributed by atoms with van der Waals surface area (Å²) in [6.45, 7) is 4.18. The van der Waals surface area contributed by atoms with E-state index in [0.717, 1.165) is 25.3 Å². The summed E-state index contributed by atoms with van der Waals surface area (Å²) in [6.07, 6.45) is 3.99. The van der Waals surface area contributed by atoms with Crippen LogP contribution in [0.4, 0.5) is 0 Å². The predicted molar refractivity (Wildman–Crippen MR) is 44.5 cm³/mol. The Morgan fingerprint density at radius 1 is 1.27 bits per heavy atom. The Labute approximate surface area is 68.3 Å². The Bertz CT molecular complexity index is 134. The van der Waals surface area contributed by atoms with Crippen molar-refractivity contribution in [2.45, 2.75) is 38.3 Å². The van der Waals surface area contributed by atoms with E-state index in [-0.39, 0.29) is 0 Å². The number of hydrogen-bond acceptors (Lipinski definition) is 2. The van der Waals surface area contributed by atoms with Gasteiger partial charge in [-0.15, -0.1) is 0 Å². The van der Waals surface area contributed by atoms with Gasteiger partial charge in [0.1, 0.15) is 0 Å². The third-order valence-corrected chi connectivity index (χ3v) is 2.67. The van der Waals surface area contributed by atoms with Crippen molar-refractivity contribution < 1.29 is 4.74 Å². The smallest absolute Gasteiger partial charge is 0.0506 e. The van der Waals surface area contributed by atoms with Crippen LogP contribution in [-0.2, 0) is 4.74 Å². The van der Waals surface area contributed by atoms with E-state index < -0.39 is 0 Å². The maximum atomic E-state index is 5.37. The van der Waals surface area contributed by atoms with Gasteiger partial charge in [-0.3, -0.25) is 0 Å². The summed E-state index contributed by atoms with van der Waals surface area (Å²) < 4.78 is 5.37. The highest BCUT2D eigenvalue weighted by molar-refractivity contribution is 4.87. The fraction of sp³-hybridized carbons (Fsp3) is 1.00. The summed E-state index contributed by atoms with van der Waals surface area (Å²) >= 11 is 0. The first kappa shape index (κ1) is 7.56. The second-order valence-corrected chi connectivity index (χ2v) is 3.89. The van der Waals surface area contributed by atoms with Gasteiger partial charge in [-0.05, 0) is 25.2 Å². The molecule has 0 aromatic carbocycles. The lowest BCUT2D eigenvalue weighted by Crippen LogP contribution is -2.42. The Balaban J connectivity index is 1.78. The van der Waals surface area contributed by atoms with Gasteiger partial charge < -0.3 is 10.1 Å². The van der Waals surface area contributed by atoms with Crippen LogP contribution < -0.4 is 5.32 Å². The van der Waals surface area contributed by atoms with Crippen LogP contribution in [0.2, 0.25) is 0 Å².